The SMILES string of the molecule is COc1ccc(CNC(=O)c2cnc3c(cnn3C(C)C)c2)cn1. The topological polar surface area (TPSA) is 81.9 Å². The van der Waals surface area contributed by atoms with Gasteiger partial charge in [0.15, 0.2) is 5.65 Å². The minimum absolute atomic E-state index is 0.183. The van der Waals surface area contributed by atoms with Gasteiger partial charge in [0.2, 0.25) is 5.88 Å². The number of carbonyl (C=O) groups is 1. The van der Waals surface area contributed by atoms with Crippen LogP contribution >= 0.6 is 0 Å². The Labute approximate surface area is 139 Å². The van der Waals surface area contributed by atoms with Crippen LogP contribution in [0.15, 0.2) is 36.8 Å². The van der Waals surface area contributed by atoms with Crippen molar-refractivity contribution in [2.24, 2.45) is 0 Å². The number of hydrogen-bond donors (Lipinski definition) is 1. The molecule has 24 heavy (non-hydrogen) atoms. The molecule has 7 nitrogen and oxygen atoms in total. The van der Waals surface area contributed by atoms with Crippen LogP contribution in [0.5, 0.6) is 5.88 Å². The summed E-state index contributed by atoms with van der Waals surface area (Å²) in [6.07, 6.45) is 4.98. The van der Waals surface area contributed by atoms with Crippen molar-refractivity contribution in [2.45, 2.75) is 26.4 Å². The van der Waals surface area contributed by atoms with Crippen LogP contribution < -0.4 is 10.1 Å². The molecular weight excluding hydrogens is 306 g/mol. The van der Waals surface area contributed by atoms with Crippen LogP contribution in [0.1, 0.15) is 35.8 Å². The number of rotatable bonds is 5. The summed E-state index contributed by atoms with van der Waals surface area (Å²) >= 11 is 0. The first-order chi connectivity index (χ1) is 11.6. The molecule has 3 heterocycles. The maximum Gasteiger partial charge on any atom is 0.253 e. The molecular formula is C17H19N5O2. The maximum atomic E-state index is 12.3. The van der Waals surface area contributed by atoms with E-state index in [1.807, 2.05) is 24.6 Å². The number of methoxy groups -OCH3 is 1. The predicted octanol–water partition coefficient (Wildman–Crippen LogP) is 2.35. The summed E-state index contributed by atoms with van der Waals surface area (Å²) in [7, 11) is 1.56. The van der Waals surface area contributed by atoms with Gasteiger partial charge in [0.1, 0.15) is 0 Å². The summed E-state index contributed by atoms with van der Waals surface area (Å²) in [4.78, 5) is 20.8. The van der Waals surface area contributed by atoms with E-state index in [0.29, 0.717) is 18.0 Å². The minimum Gasteiger partial charge on any atom is -0.481 e. The van der Waals surface area contributed by atoms with Crippen molar-refractivity contribution in [1.29, 1.82) is 0 Å². The van der Waals surface area contributed by atoms with Crippen molar-refractivity contribution in [1.82, 2.24) is 25.1 Å². The Hall–Kier alpha value is -2.96. The Morgan fingerprint density at radius 3 is 2.75 bits per heavy atom. The van der Waals surface area contributed by atoms with Gasteiger partial charge < -0.3 is 10.1 Å². The number of ether oxygens (including phenoxy) is 1. The number of nitrogens with zero attached hydrogens (tertiary/aromatic N) is 4. The third-order valence-electron chi connectivity index (χ3n) is 3.64. The van der Waals surface area contributed by atoms with Crippen molar-refractivity contribution in [2.75, 3.05) is 7.11 Å². The van der Waals surface area contributed by atoms with Gasteiger partial charge in [0, 0.05) is 36.4 Å². The van der Waals surface area contributed by atoms with Gasteiger partial charge in [-0.2, -0.15) is 5.10 Å². The van der Waals surface area contributed by atoms with Crippen molar-refractivity contribution in [3.8, 4) is 5.88 Å². The average molecular weight is 325 g/mol. The molecule has 3 aromatic rings. The lowest BCUT2D eigenvalue weighted by atomic mass is 10.2. The molecule has 0 saturated carbocycles. The number of carbonyl (C=O) groups excluding carboxylic acids is 1. The van der Waals surface area contributed by atoms with E-state index in [1.165, 1.54) is 0 Å². The lowest BCUT2D eigenvalue weighted by Crippen LogP contribution is -2.23. The normalized spacial score (nSPS) is 11.0. The maximum absolute atomic E-state index is 12.3. The summed E-state index contributed by atoms with van der Waals surface area (Å²) < 4.78 is 6.84. The molecule has 0 spiro atoms. The highest BCUT2D eigenvalue weighted by atomic mass is 16.5. The van der Waals surface area contributed by atoms with Gasteiger partial charge in [0.25, 0.3) is 5.91 Å². The van der Waals surface area contributed by atoms with Crippen LogP contribution in [-0.4, -0.2) is 32.8 Å². The van der Waals surface area contributed by atoms with Crippen molar-refractivity contribution < 1.29 is 9.53 Å². The smallest absolute Gasteiger partial charge is 0.253 e. The summed E-state index contributed by atoms with van der Waals surface area (Å²) in [5.74, 6) is 0.361. The van der Waals surface area contributed by atoms with Crippen molar-refractivity contribution in [3.05, 3.63) is 47.9 Å². The Morgan fingerprint density at radius 2 is 2.08 bits per heavy atom. The van der Waals surface area contributed by atoms with Crippen LogP contribution in [0.4, 0.5) is 0 Å². The third kappa shape index (κ3) is 3.19. The molecule has 0 aliphatic carbocycles. The molecule has 0 aromatic carbocycles. The largest absolute Gasteiger partial charge is 0.481 e. The van der Waals surface area contributed by atoms with Gasteiger partial charge in [0.05, 0.1) is 18.9 Å². The number of aromatic nitrogens is 4. The number of fused-ring (bicyclic) bond motifs is 1. The Morgan fingerprint density at radius 1 is 1.25 bits per heavy atom. The zero-order chi connectivity index (χ0) is 17.1. The van der Waals surface area contributed by atoms with Crippen LogP contribution in [0.3, 0.4) is 0 Å². The highest BCUT2D eigenvalue weighted by Crippen LogP contribution is 2.16. The molecule has 1 amide bonds. The summed E-state index contributed by atoms with van der Waals surface area (Å²) in [5.41, 5.74) is 2.18. The summed E-state index contributed by atoms with van der Waals surface area (Å²) in [6.45, 7) is 4.47. The molecule has 1 N–H and O–H groups in total. The van der Waals surface area contributed by atoms with E-state index in [2.05, 4.69) is 20.4 Å². The average Bonchev–Trinajstić information content (AvgIpc) is 3.03. The van der Waals surface area contributed by atoms with Gasteiger partial charge in [-0.25, -0.2) is 14.6 Å². The fourth-order valence-electron chi connectivity index (χ4n) is 2.36. The standard InChI is InChI=1S/C17H19N5O2/c1-11(2)22-16-13(10-21-22)6-14(9-19-16)17(23)20-8-12-4-5-15(24-3)18-7-12/h4-7,9-11H,8H2,1-3H3,(H,20,23). The quantitative estimate of drug-likeness (QED) is 0.778. The van der Waals surface area contributed by atoms with E-state index in [1.54, 1.807) is 37.8 Å². The second-order valence-electron chi connectivity index (χ2n) is 5.71. The zero-order valence-corrected chi connectivity index (χ0v) is 13.9. The lowest BCUT2D eigenvalue weighted by molar-refractivity contribution is 0.0950. The van der Waals surface area contributed by atoms with Gasteiger partial charge in [-0.15, -0.1) is 0 Å². The fraction of sp³-hybridized carbons (Fsp3) is 0.294. The first-order valence-corrected chi connectivity index (χ1v) is 7.69. The molecule has 0 saturated heterocycles. The summed E-state index contributed by atoms with van der Waals surface area (Å²) in [5, 5.41) is 8.02. The Kier molecular flexibility index (Phi) is 4.41. The number of hydrogen-bond acceptors (Lipinski definition) is 5. The number of amides is 1. The Bertz CT molecular complexity index is 855. The van der Waals surface area contributed by atoms with E-state index >= 15 is 0 Å². The van der Waals surface area contributed by atoms with Crippen LogP contribution in [0.2, 0.25) is 0 Å². The predicted molar refractivity (Wildman–Crippen MR) is 89.9 cm³/mol. The minimum atomic E-state index is -0.183. The van der Waals surface area contributed by atoms with E-state index < -0.39 is 0 Å². The molecule has 0 aliphatic heterocycles. The highest BCUT2D eigenvalue weighted by molar-refractivity contribution is 5.96. The first-order valence-electron chi connectivity index (χ1n) is 7.69. The fourth-order valence-corrected chi connectivity index (χ4v) is 2.36. The molecule has 3 aromatic heterocycles. The second kappa shape index (κ2) is 6.66. The van der Waals surface area contributed by atoms with Crippen molar-refractivity contribution in [3.63, 3.8) is 0 Å². The van der Waals surface area contributed by atoms with E-state index in [9.17, 15) is 4.79 Å². The van der Waals surface area contributed by atoms with Gasteiger partial charge in [-0.05, 0) is 25.5 Å². The summed E-state index contributed by atoms with van der Waals surface area (Å²) in [6, 6.07) is 5.64. The molecule has 0 aliphatic rings. The molecule has 124 valence electrons. The van der Waals surface area contributed by atoms with Gasteiger partial charge in [-0.1, -0.05) is 6.07 Å². The zero-order valence-electron chi connectivity index (χ0n) is 13.9. The van der Waals surface area contributed by atoms with Crippen LogP contribution in [0, 0.1) is 0 Å². The number of pyridine rings is 2. The third-order valence-corrected chi connectivity index (χ3v) is 3.64. The van der Waals surface area contributed by atoms with Gasteiger partial charge in [-0.3, -0.25) is 4.79 Å². The lowest BCUT2D eigenvalue weighted by Gasteiger charge is -2.07. The van der Waals surface area contributed by atoms with Crippen molar-refractivity contribution >= 4 is 16.9 Å². The van der Waals surface area contributed by atoms with E-state index in [4.69, 9.17) is 4.74 Å². The second-order valence-corrected chi connectivity index (χ2v) is 5.71. The monoisotopic (exact) mass is 325 g/mol. The molecule has 0 atom stereocenters. The Balaban J connectivity index is 1.71. The number of nitrogens with one attached hydrogen (secondary N) is 1. The molecule has 0 bridgehead atoms. The first kappa shape index (κ1) is 15.9. The van der Waals surface area contributed by atoms with Crippen LogP contribution in [0.25, 0.3) is 11.0 Å². The van der Waals surface area contributed by atoms with Crippen LogP contribution in [-0.2, 0) is 6.54 Å². The van der Waals surface area contributed by atoms with E-state index in [-0.39, 0.29) is 11.9 Å². The molecule has 3 rings (SSSR count). The van der Waals surface area contributed by atoms with Gasteiger partial charge >= 0.3 is 0 Å². The molecule has 0 radical (unpaired) electrons. The molecule has 7 heteroatoms. The van der Waals surface area contributed by atoms with E-state index in [0.717, 1.165) is 16.6 Å². The molecule has 0 fully saturated rings. The molecule has 0 unspecified atom stereocenters. The highest BCUT2D eigenvalue weighted by Gasteiger charge is 2.11.